The number of hydrogen-bond donors (Lipinski definition) is 2. The Bertz CT molecular complexity index is 630. The Morgan fingerprint density at radius 3 is 2.62 bits per heavy atom. The van der Waals surface area contributed by atoms with Gasteiger partial charge < -0.3 is 15.5 Å². The fourth-order valence-electron chi connectivity index (χ4n) is 2.33. The van der Waals surface area contributed by atoms with Crippen LogP contribution in [0.5, 0.6) is 0 Å². The van der Waals surface area contributed by atoms with E-state index in [9.17, 15) is 4.39 Å². The molecular formula is C16H24FN3O. The molecule has 0 saturated carbocycles. The Balaban J connectivity index is 2.40. The number of hydrogen-bond acceptors (Lipinski definition) is 3. The summed E-state index contributed by atoms with van der Waals surface area (Å²) >= 11 is 0. The summed E-state index contributed by atoms with van der Waals surface area (Å²) in [6, 6.07) is 2.94. The fourth-order valence-corrected chi connectivity index (χ4v) is 2.33. The smallest absolute Gasteiger partial charge is 0.128 e. The molecule has 0 aliphatic rings. The van der Waals surface area contributed by atoms with E-state index in [2.05, 4.69) is 30.7 Å². The third-order valence-electron chi connectivity index (χ3n) is 3.58. The highest BCUT2D eigenvalue weighted by atomic mass is 19.1. The van der Waals surface area contributed by atoms with Crippen molar-refractivity contribution in [1.29, 1.82) is 0 Å². The molecule has 0 spiro atoms. The first kappa shape index (κ1) is 15.9. The van der Waals surface area contributed by atoms with Crippen molar-refractivity contribution in [3.8, 4) is 0 Å². The van der Waals surface area contributed by atoms with Crippen molar-refractivity contribution in [2.45, 2.75) is 46.3 Å². The van der Waals surface area contributed by atoms with Gasteiger partial charge in [-0.25, -0.2) is 9.37 Å². The predicted molar refractivity (Wildman–Crippen MR) is 82.6 cm³/mol. The number of H-pyrrole nitrogens is 1. The first-order valence-electron chi connectivity index (χ1n) is 7.17. The van der Waals surface area contributed by atoms with Crippen LogP contribution in [0.15, 0.2) is 12.1 Å². The molecule has 1 aromatic carbocycles. The number of nitrogens with two attached hydrogens (primary N) is 1. The Morgan fingerprint density at radius 1 is 1.38 bits per heavy atom. The van der Waals surface area contributed by atoms with Crippen molar-refractivity contribution in [2.75, 3.05) is 7.11 Å². The summed E-state index contributed by atoms with van der Waals surface area (Å²) in [5, 5.41) is 0. The maximum Gasteiger partial charge on any atom is 0.128 e. The maximum absolute atomic E-state index is 14.2. The number of ether oxygens (including phenoxy) is 1. The standard InChI is InChI=1S/C16H24FN3O/c1-9(21-5)14(18)15-19-12-6-10(8-16(2,3)4)11(17)7-13(12)20-15/h6-7,9,14H,8,18H2,1-5H3,(H,19,20)/t9-,14+/m1/s1. The highest BCUT2D eigenvalue weighted by Gasteiger charge is 2.20. The van der Waals surface area contributed by atoms with Crippen LogP contribution in [0.3, 0.4) is 0 Å². The molecule has 0 aliphatic carbocycles. The number of aromatic nitrogens is 2. The van der Waals surface area contributed by atoms with Crippen molar-refractivity contribution < 1.29 is 9.13 Å². The van der Waals surface area contributed by atoms with Crippen LogP contribution in [-0.2, 0) is 11.2 Å². The molecular weight excluding hydrogens is 269 g/mol. The van der Waals surface area contributed by atoms with Crippen LogP contribution in [0.4, 0.5) is 4.39 Å². The molecule has 3 N–H and O–H groups in total. The van der Waals surface area contributed by atoms with Gasteiger partial charge >= 0.3 is 0 Å². The first-order valence-corrected chi connectivity index (χ1v) is 7.17. The molecule has 116 valence electrons. The number of imidazole rings is 1. The van der Waals surface area contributed by atoms with Gasteiger partial charge in [-0.1, -0.05) is 20.8 Å². The van der Waals surface area contributed by atoms with Crippen LogP contribution < -0.4 is 5.73 Å². The Morgan fingerprint density at radius 2 is 2.05 bits per heavy atom. The van der Waals surface area contributed by atoms with E-state index in [0.29, 0.717) is 23.3 Å². The van der Waals surface area contributed by atoms with E-state index >= 15 is 0 Å². The SMILES string of the molecule is CO[C@H](C)[C@H](N)c1nc2cc(F)c(CC(C)(C)C)cc2[nH]1. The largest absolute Gasteiger partial charge is 0.380 e. The molecule has 5 heteroatoms. The lowest BCUT2D eigenvalue weighted by Gasteiger charge is -2.18. The Hall–Kier alpha value is -1.46. The van der Waals surface area contributed by atoms with Crippen molar-refractivity contribution >= 4 is 11.0 Å². The summed E-state index contributed by atoms with van der Waals surface area (Å²) in [7, 11) is 1.61. The molecule has 0 radical (unpaired) electrons. The molecule has 2 rings (SSSR count). The van der Waals surface area contributed by atoms with Gasteiger partial charge in [-0.05, 0) is 30.4 Å². The van der Waals surface area contributed by atoms with Gasteiger partial charge in [-0.3, -0.25) is 0 Å². The van der Waals surface area contributed by atoms with E-state index in [4.69, 9.17) is 10.5 Å². The summed E-state index contributed by atoms with van der Waals surface area (Å²) < 4.78 is 19.4. The maximum atomic E-state index is 14.2. The number of rotatable bonds is 4. The second kappa shape index (κ2) is 5.73. The van der Waals surface area contributed by atoms with Crippen molar-refractivity contribution in [2.24, 2.45) is 11.1 Å². The third kappa shape index (κ3) is 3.60. The lowest BCUT2D eigenvalue weighted by molar-refractivity contribution is 0.0935. The average Bonchev–Trinajstić information content (AvgIpc) is 2.78. The molecule has 0 fully saturated rings. The summed E-state index contributed by atoms with van der Waals surface area (Å²) in [5.74, 6) is 0.399. The van der Waals surface area contributed by atoms with Crippen LogP contribution in [0.2, 0.25) is 0 Å². The van der Waals surface area contributed by atoms with E-state index in [1.165, 1.54) is 6.07 Å². The topological polar surface area (TPSA) is 63.9 Å². The van der Waals surface area contributed by atoms with Crippen LogP contribution in [0.25, 0.3) is 11.0 Å². The molecule has 1 aromatic heterocycles. The molecule has 2 atom stereocenters. The lowest BCUT2D eigenvalue weighted by Crippen LogP contribution is -2.26. The predicted octanol–water partition coefficient (Wildman–Crippen LogP) is 3.33. The summed E-state index contributed by atoms with van der Waals surface area (Å²) in [4.78, 5) is 7.56. The minimum absolute atomic E-state index is 0.0261. The van der Waals surface area contributed by atoms with Crippen LogP contribution >= 0.6 is 0 Å². The zero-order valence-electron chi connectivity index (χ0n) is 13.3. The quantitative estimate of drug-likeness (QED) is 0.909. The molecule has 2 aromatic rings. The van der Waals surface area contributed by atoms with Gasteiger partial charge in [0.2, 0.25) is 0 Å². The van der Waals surface area contributed by atoms with E-state index in [0.717, 1.165) is 5.52 Å². The van der Waals surface area contributed by atoms with Gasteiger partial charge in [0.15, 0.2) is 0 Å². The molecule has 4 nitrogen and oxygen atoms in total. The molecule has 0 bridgehead atoms. The van der Waals surface area contributed by atoms with Crippen LogP contribution in [-0.4, -0.2) is 23.2 Å². The number of halogens is 1. The van der Waals surface area contributed by atoms with E-state index in [-0.39, 0.29) is 23.4 Å². The second-order valence-electron chi connectivity index (χ2n) is 6.79. The highest BCUT2D eigenvalue weighted by Crippen LogP contribution is 2.26. The Kier molecular flexibility index (Phi) is 4.35. The van der Waals surface area contributed by atoms with E-state index in [1.54, 1.807) is 7.11 Å². The molecule has 21 heavy (non-hydrogen) atoms. The van der Waals surface area contributed by atoms with Gasteiger partial charge in [0.25, 0.3) is 0 Å². The second-order valence-corrected chi connectivity index (χ2v) is 6.79. The van der Waals surface area contributed by atoms with Gasteiger partial charge in [-0.15, -0.1) is 0 Å². The van der Waals surface area contributed by atoms with E-state index < -0.39 is 0 Å². The zero-order chi connectivity index (χ0) is 15.8. The average molecular weight is 293 g/mol. The van der Waals surface area contributed by atoms with Crippen molar-refractivity contribution in [3.63, 3.8) is 0 Å². The highest BCUT2D eigenvalue weighted by molar-refractivity contribution is 5.76. The fraction of sp³-hybridized carbons (Fsp3) is 0.562. The Labute approximate surface area is 124 Å². The number of nitrogens with zero attached hydrogens (tertiary/aromatic N) is 1. The number of methoxy groups -OCH3 is 1. The number of nitrogens with one attached hydrogen (secondary N) is 1. The number of aromatic amines is 1. The van der Waals surface area contributed by atoms with Gasteiger partial charge in [0.1, 0.15) is 11.6 Å². The number of fused-ring (bicyclic) bond motifs is 1. The van der Waals surface area contributed by atoms with Crippen LogP contribution in [0.1, 0.15) is 45.1 Å². The summed E-state index contributed by atoms with van der Waals surface area (Å²) in [6.07, 6.45) is 0.508. The van der Waals surface area contributed by atoms with Gasteiger partial charge in [0, 0.05) is 13.2 Å². The molecule has 1 heterocycles. The van der Waals surface area contributed by atoms with Crippen molar-refractivity contribution in [3.05, 3.63) is 29.3 Å². The molecule has 0 saturated heterocycles. The third-order valence-corrected chi connectivity index (χ3v) is 3.58. The summed E-state index contributed by atoms with van der Waals surface area (Å²) in [6.45, 7) is 8.14. The normalized spacial score (nSPS) is 15.4. The lowest BCUT2D eigenvalue weighted by atomic mass is 9.88. The van der Waals surface area contributed by atoms with E-state index in [1.807, 2.05) is 13.0 Å². The van der Waals surface area contributed by atoms with Gasteiger partial charge in [0.05, 0.1) is 23.2 Å². The first-order chi connectivity index (χ1) is 9.71. The molecule has 0 amide bonds. The minimum atomic E-state index is -0.364. The summed E-state index contributed by atoms with van der Waals surface area (Å²) in [5.41, 5.74) is 8.20. The minimum Gasteiger partial charge on any atom is -0.380 e. The molecule has 0 aliphatic heterocycles. The monoisotopic (exact) mass is 293 g/mol. The molecule has 0 unspecified atom stereocenters. The van der Waals surface area contributed by atoms with Crippen molar-refractivity contribution in [1.82, 2.24) is 9.97 Å². The van der Waals surface area contributed by atoms with Gasteiger partial charge in [-0.2, -0.15) is 0 Å². The number of benzene rings is 1. The van der Waals surface area contributed by atoms with Crippen LogP contribution in [0, 0.1) is 11.2 Å². The zero-order valence-corrected chi connectivity index (χ0v) is 13.3.